The van der Waals surface area contributed by atoms with Crippen LogP contribution in [0.5, 0.6) is 0 Å². The number of ether oxygens (including phenoxy) is 1. The summed E-state index contributed by atoms with van der Waals surface area (Å²) in [4.78, 5) is 12.6. The Hall–Kier alpha value is -0.890. The first-order valence-corrected chi connectivity index (χ1v) is 7.10. The van der Waals surface area contributed by atoms with Gasteiger partial charge in [0.1, 0.15) is 5.54 Å². The fourth-order valence-electron chi connectivity index (χ4n) is 1.94. The number of benzene rings is 1. The molecule has 118 valence electrons. The molecule has 1 aromatic rings. The van der Waals surface area contributed by atoms with Crippen LogP contribution in [-0.4, -0.2) is 30.4 Å². The summed E-state index contributed by atoms with van der Waals surface area (Å²) in [5.41, 5.74) is 5.68. The van der Waals surface area contributed by atoms with Crippen molar-refractivity contribution in [1.29, 1.82) is 0 Å². The van der Waals surface area contributed by atoms with Gasteiger partial charge in [0.15, 0.2) is 0 Å². The number of amides is 1. The molecule has 8 heteroatoms. The van der Waals surface area contributed by atoms with Gasteiger partial charge in [-0.15, -0.1) is 12.4 Å². The van der Waals surface area contributed by atoms with Crippen molar-refractivity contribution in [3.8, 4) is 0 Å². The van der Waals surface area contributed by atoms with E-state index in [2.05, 4.69) is 5.32 Å². The number of anilines is 1. The highest BCUT2D eigenvalue weighted by Crippen LogP contribution is 2.26. The maximum atomic E-state index is 12.2. The number of thioether (sulfide) groups is 1. The molecule has 0 bridgehead atoms. The number of carbonyl (C=O) groups excluding carboxylic acids is 1. The van der Waals surface area contributed by atoms with Gasteiger partial charge in [-0.25, -0.2) is 0 Å². The molecule has 1 fully saturated rings. The Labute approximate surface area is 132 Å². The lowest BCUT2D eigenvalue weighted by molar-refractivity contribution is -0.124. The summed E-state index contributed by atoms with van der Waals surface area (Å²) in [6, 6.07) is 6.26. The predicted octanol–water partition coefficient (Wildman–Crippen LogP) is 2.87. The molecule has 1 amide bonds. The minimum Gasteiger partial charge on any atom is -0.381 e. The van der Waals surface area contributed by atoms with Crippen molar-refractivity contribution in [2.75, 3.05) is 18.5 Å². The molecular formula is C13H17ClF2N2O2S. The van der Waals surface area contributed by atoms with Crippen molar-refractivity contribution in [1.82, 2.24) is 0 Å². The first-order chi connectivity index (χ1) is 9.49. The minimum atomic E-state index is -2.45. The van der Waals surface area contributed by atoms with Crippen LogP contribution in [-0.2, 0) is 9.53 Å². The van der Waals surface area contributed by atoms with E-state index in [0.717, 1.165) is 0 Å². The SMILES string of the molecule is Cl.NC1(C(=O)Nc2ccc(SC(F)F)cc2)CCOCC1. The monoisotopic (exact) mass is 338 g/mol. The summed E-state index contributed by atoms with van der Waals surface area (Å²) in [5.74, 6) is -2.72. The lowest BCUT2D eigenvalue weighted by Gasteiger charge is -2.31. The number of hydrogen-bond donors (Lipinski definition) is 2. The predicted molar refractivity (Wildman–Crippen MR) is 81.2 cm³/mol. The third-order valence-corrected chi connectivity index (χ3v) is 3.90. The Kier molecular flexibility index (Phi) is 6.86. The van der Waals surface area contributed by atoms with Crippen molar-refractivity contribution >= 4 is 35.8 Å². The molecule has 4 nitrogen and oxygen atoms in total. The summed E-state index contributed by atoms with van der Waals surface area (Å²) in [6.07, 6.45) is 0.941. The number of hydrogen-bond acceptors (Lipinski definition) is 4. The van der Waals surface area contributed by atoms with E-state index < -0.39 is 11.3 Å². The van der Waals surface area contributed by atoms with Crippen LogP contribution in [0.25, 0.3) is 0 Å². The zero-order chi connectivity index (χ0) is 14.6. The van der Waals surface area contributed by atoms with E-state index in [1.807, 2.05) is 0 Å². The zero-order valence-electron chi connectivity index (χ0n) is 11.2. The largest absolute Gasteiger partial charge is 0.381 e. The Morgan fingerprint density at radius 3 is 2.38 bits per heavy atom. The first-order valence-electron chi connectivity index (χ1n) is 6.22. The molecule has 0 radical (unpaired) electrons. The van der Waals surface area contributed by atoms with E-state index in [1.165, 1.54) is 0 Å². The Balaban J connectivity index is 0.00000220. The third kappa shape index (κ3) is 5.10. The normalized spacial score (nSPS) is 17.1. The first kappa shape index (κ1) is 18.2. The van der Waals surface area contributed by atoms with E-state index in [4.69, 9.17) is 10.5 Å². The molecule has 0 aromatic heterocycles. The van der Waals surface area contributed by atoms with E-state index in [-0.39, 0.29) is 18.3 Å². The lowest BCUT2D eigenvalue weighted by Crippen LogP contribution is -2.54. The third-order valence-electron chi connectivity index (χ3n) is 3.17. The number of nitrogens with two attached hydrogens (primary N) is 1. The Morgan fingerprint density at radius 2 is 1.86 bits per heavy atom. The van der Waals surface area contributed by atoms with Crippen LogP contribution < -0.4 is 11.1 Å². The van der Waals surface area contributed by atoms with E-state index >= 15 is 0 Å². The van der Waals surface area contributed by atoms with Crippen molar-refractivity contribution in [3.05, 3.63) is 24.3 Å². The van der Waals surface area contributed by atoms with Crippen LogP contribution in [0, 0.1) is 0 Å². The van der Waals surface area contributed by atoms with Gasteiger partial charge in [-0.3, -0.25) is 4.79 Å². The highest BCUT2D eigenvalue weighted by molar-refractivity contribution is 7.99. The summed E-state index contributed by atoms with van der Waals surface area (Å²) in [7, 11) is 0. The van der Waals surface area contributed by atoms with E-state index in [9.17, 15) is 13.6 Å². The van der Waals surface area contributed by atoms with Gasteiger partial charge >= 0.3 is 0 Å². The average Bonchev–Trinajstić information content (AvgIpc) is 2.41. The fraction of sp³-hybridized carbons (Fsp3) is 0.462. The van der Waals surface area contributed by atoms with Crippen molar-refractivity contribution < 1.29 is 18.3 Å². The molecule has 0 aliphatic carbocycles. The van der Waals surface area contributed by atoms with Gasteiger partial charge in [-0.2, -0.15) is 8.78 Å². The molecule has 1 aromatic carbocycles. The van der Waals surface area contributed by atoms with Crippen LogP contribution in [0.3, 0.4) is 0 Å². The van der Waals surface area contributed by atoms with E-state index in [0.29, 0.717) is 48.4 Å². The molecule has 2 rings (SSSR count). The minimum absolute atomic E-state index is 0. The summed E-state index contributed by atoms with van der Waals surface area (Å²) < 4.78 is 29.6. The van der Waals surface area contributed by atoms with Crippen LogP contribution in [0.1, 0.15) is 12.8 Å². The molecule has 0 spiro atoms. The highest BCUT2D eigenvalue weighted by atomic mass is 35.5. The van der Waals surface area contributed by atoms with Gasteiger partial charge in [-0.1, -0.05) is 11.8 Å². The maximum absolute atomic E-state index is 12.2. The van der Waals surface area contributed by atoms with Crippen LogP contribution in [0.4, 0.5) is 14.5 Å². The molecule has 1 aliphatic rings. The fourth-order valence-corrected chi connectivity index (χ4v) is 2.44. The molecule has 21 heavy (non-hydrogen) atoms. The van der Waals surface area contributed by atoms with Crippen molar-refractivity contribution in [2.45, 2.75) is 29.0 Å². The van der Waals surface area contributed by atoms with Gasteiger partial charge in [0.2, 0.25) is 5.91 Å². The van der Waals surface area contributed by atoms with Crippen molar-refractivity contribution in [2.24, 2.45) is 5.73 Å². The van der Waals surface area contributed by atoms with Gasteiger partial charge in [0.25, 0.3) is 5.76 Å². The molecular weight excluding hydrogens is 322 g/mol. The molecule has 0 unspecified atom stereocenters. The second-order valence-electron chi connectivity index (χ2n) is 4.63. The van der Waals surface area contributed by atoms with E-state index in [1.54, 1.807) is 24.3 Å². The molecule has 0 saturated carbocycles. The van der Waals surface area contributed by atoms with Gasteiger partial charge in [-0.05, 0) is 37.1 Å². The molecule has 1 aliphatic heterocycles. The number of alkyl halides is 2. The Morgan fingerprint density at radius 1 is 1.29 bits per heavy atom. The topological polar surface area (TPSA) is 64.4 Å². The highest BCUT2D eigenvalue weighted by Gasteiger charge is 2.35. The van der Waals surface area contributed by atoms with Gasteiger partial charge in [0, 0.05) is 23.8 Å². The van der Waals surface area contributed by atoms with Crippen LogP contribution in [0.2, 0.25) is 0 Å². The number of nitrogens with one attached hydrogen (secondary N) is 1. The molecule has 3 N–H and O–H groups in total. The number of carbonyl (C=O) groups is 1. The van der Waals surface area contributed by atoms with Crippen LogP contribution >= 0.6 is 24.2 Å². The maximum Gasteiger partial charge on any atom is 0.288 e. The number of rotatable bonds is 4. The molecule has 1 heterocycles. The molecule has 0 atom stereocenters. The lowest BCUT2D eigenvalue weighted by atomic mass is 9.90. The quantitative estimate of drug-likeness (QED) is 0.829. The van der Waals surface area contributed by atoms with Crippen molar-refractivity contribution in [3.63, 3.8) is 0 Å². The van der Waals surface area contributed by atoms with Crippen LogP contribution in [0.15, 0.2) is 29.2 Å². The standard InChI is InChI=1S/C13H16F2N2O2S.ClH/c14-12(15)20-10-3-1-9(2-4-10)17-11(18)13(16)5-7-19-8-6-13;/h1-4,12H,5-8,16H2,(H,17,18);1H. The Bertz CT molecular complexity index is 468. The van der Waals surface area contributed by atoms with Gasteiger partial charge < -0.3 is 15.8 Å². The zero-order valence-corrected chi connectivity index (χ0v) is 12.8. The summed E-state index contributed by atoms with van der Waals surface area (Å²) in [5, 5.41) is 2.72. The number of halogens is 3. The summed E-state index contributed by atoms with van der Waals surface area (Å²) in [6.45, 7) is 0.932. The smallest absolute Gasteiger partial charge is 0.288 e. The van der Waals surface area contributed by atoms with Gasteiger partial charge in [0.05, 0.1) is 0 Å². The molecule has 1 saturated heterocycles. The summed E-state index contributed by atoms with van der Waals surface area (Å²) >= 11 is 0.466. The average molecular weight is 339 g/mol. The second-order valence-corrected chi connectivity index (χ2v) is 5.69. The second kappa shape index (κ2) is 7.93.